The zero-order chi connectivity index (χ0) is 18.1. The van der Waals surface area contributed by atoms with Crippen LogP contribution in [0, 0.1) is 0 Å². The highest BCUT2D eigenvalue weighted by Crippen LogP contribution is 2.38. The van der Waals surface area contributed by atoms with Gasteiger partial charge in [-0.1, -0.05) is 0 Å². The molecular formula is C19H24N4O3. The number of carbonyl (C=O) groups excluding carboxylic acids is 1. The van der Waals surface area contributed by atoms with Gasteiger partial charge in [0.05, 0.1) is 14.2 Å². The normalized spacial score (nSPS) is 18.0. The quantitative estimate of drug-likeness (QED) is 0.891. The van der Waals surface area contributed by atoms with E-state index in [0.29, 0.717) is 28.9 Å². The summed E-state index contributed by atoms with van der Waals surface area (Å²) in [7, 11) is 3.16. The molecule has 1 aliphatic carbocycles. The zero-order valence-electron chi connectivity index (χ0n) is 15.2. The first kappa shape index (κ1) is 16.9. The Kier molecular flexibility index (Phi) is 4.53. The lowest BCUT2D eigenvalue weighted by Crippen LogP contribution is -2.38. The number of amides is 1. The molecule has 138 valence electrons. The standard InChI is InChI=1S/C19H24N4O3/c1-25-15-6-5-14(11-16(15)26-2)19(24)23-9-7-13(8-10-23)18-20-17(21-22-18)12-3-4-12/h5-6,11-13H,3-4,7-10H2,1-2H3,(H,20,21,22). The van der Waals surface area contributed by atoms with Crippen molar-refractivity contribution >= 4 is 5.91 Å². The first-order valence-electron chi connectivity index (χ1n) is 9.13. The fraction of sp³-hybridized carbons (Fsp3) is 0.526. The molecule has 0 bridgehead atoms. The molecule has 2 heterocycles. The molecule has 1 N–H and O–H groups in total. The number of likely N-dealkylation sites (tertiary alicyclic amines) is 1. The highest BCUT2D eigenvalue weighted by molar-refractivity contribution is 5.95. The van der Waals surface area contributed by atoms with Gasteiger partial charge >= 0.3 is 0 Å². The second-order valence-electron chi connectivity index (χ2n) is 6.99. The third-order valence-corrected chi connectivity index (χ3v) is 5.26. The first-order valence-corrected chi connectivity index (χ1v) is 9.13. The fourth-order valence-electron chi connectivity index (χ4n) is 3.50. The van der Waals surface area contributed by atoms with Gasteiger partial charge < -0.3 is 14.4 Å². The van der Waals surface area contributed by atoms with Crippen molar-refractivity contribution in [1.29, 1.82) is 0 Å². The predicted molar refractivity (Wildman–Crippen MR) is 95.8 cm³/mol. The smallest absolute Gasteiger partial charge is 0.253 e. The lowest BCUT2D eigenvalue weighted by Gasteiger charge is -2.31. The van der Waals surface area contributed by atoms with Gasteiger partial charge in [0.2, 0.25) is 0 Å². The first-order chi connectivity index (χ1) is 12.7. The molecule has 1 aromatic heterocycles. The number of piperidine rings is 1. The number of aromatic amines is 1. The lowest BCUT2D eigenvalue weighted by molar-refractivity contribution is 0.0710. The van der Waals surface area contributed by atoms with Gasteiger partial charge in [-0.3, -0.25) is 9.89 Å². The summed E-state index contributed by atoms with van der Waals surface area (Å²) in [6, 6.07) is 5.30. The Morgan fingerprint density at radius 1 is 1.08 bits per heavy atom. The number of ether oxygens (including phenoxy) is 2. The minimum atomic E-state index is 0.0284. The van der Waals surface area contributed by atoms with Crippen LogP contribution in [0.25, 0.3) is 0 Å². The number of nitrogens with zero attached hydrogens (tertiary/aromatic N) is 3. The van der Waals surface area contributed by atoms with Gasteiger partial charge in [-0.05, 0) is 43.9 Å². The van der Waals surface area contributed by atoms with Gasteiger partial charge in [-0.25, -0.2) is 4.98 Å². The maximum absolute atomic E-state index is 12.8. The van der Waals surface area contributed by atoms with Crippen molar-refractivity contribution in [2.45, 2.75) is 37.5 Å². The summed E-state index contributed by atoms with van der Waals surface area (Å²) in [5.41, 5.74) is 0.622. The van der Waals surface area contributed by atoms with Gasteiger partial charge in [0.15, 0.2) is 17.3 Å². The summed E-state index contributed by atoms with van der Waals surface area (Å²) in [5.74, 6) is 4.08. The Balaban J connectivity index is 1.39. The summed E-state index contributed by atoms with van der Waals surface area (Å²) >= 11 is 0. The molecule has 2 aliphatic rings. The van der Waals surface area contributed by atoms with E-state index in [1.165, 1.54) is 12.8 Å². The average molecular weight is 356 g/mol. The van der Waals surface area contributed by atoms with Gasteiger partial charge in [0.25, 0.3) is 5.91 Å². The van der Waals surface area contributed by atoms with Crippen molar-refractivity contribution < 1.29 is 14.3 Å². The van der Waals surface area contributed by atoms with Crippen molar-refractivity contribution in [3.8, 4) is 11.5 Å². The molecule has 4 rings (SSSR count). The van der Waals surface area contributed by atoms with Crippen molar-refractivity contribution in [1.82, 2.24) is 20.1 Å². The minimum Gasteiger partial charge on any atom is -0.493 e. The Labute approximate surface area is 152 Å². The molecule has 1 amide bonds. The van der Waals surface area contributed by atoms with Crippen LogP contribution in [0.4, 0.5) is 0 Å². The number of rotatable bonds is 5. The van der Waals surface area contributed by atoms with Crippen LogP contribution in [-0.2, 0) is 0 Å². The molecule has 26 heavy (non-hydrogen) atoms. The molecule has 1 aromatic carbocycles. The third kappa shape index (κ3) is 3.25. The molecule has 1 saturated heterocycles. The summed E-state index contributed by atoms with van der Waals surface area (Å²) in [5, 5.41) is 7.45. The topological polar surface area (TPSA) is 80.3 Å². The molecule has 0 spiro atoms. The molecule has 2 aromatic rings. The van der Waals surface area contributed by atoms with Crippen molar-refractivity contribution in [2.24, 2.45) is 0 Å². The van der Waals surface area contributed by atoms with Crippen molar-refractivity contribution in [3.63, 3.8) is 0 Å². The number of H-pyrrole nitrogens is 1. The maximum atomic E-state index is 12.8. The van der Waals surface area contributed by atoms with Crippen LogP contribution in [0.15, 0.2) is 18.2 Å². The van der Waals surface area contributed by atoms with Gasteiger partial charge in [-0.15, -0.1) is 0 Å². The monoisotopic (exact) mass is 356 g/mol. The van der Waals surface area contributed by atoms with E-state index >= 15 is 0 Å². The zero-order valence-corrected chi connectivity index (χ0v) is 15.2. The van der Waals surface area contributed by atoms with Crippen LogP contribution in [0.1, 0.15) is 59.5 Å². The summed E-state index contributed by atoms with van der Waals surface area (Å²) < 4.78 is 10.5. The molecule has 7 heteroatoms. The molecule has 1 aliphatic heterocycles. The highest BCUT2D eigenvalue weighted by atomic mass is 16.5. The average Bonchev–Trinajstić information content (AvgIpc) is 3.43. The maximum Gasteiger partial charge on any atom is 0.253 e. The van der Waals surface area contributed by atoms with E-state index in [4.69, 9.17) is 9.47 Å². The van der Waals surface area contributed by atoms with E-state index in [9.17, 15) is 4.79 Å². The number of hydrogen-bond donors (Lipinski definition) is 1. The number of benzene rings is 1. The van der Waals surface area contributed by atoms with E-state index in [0.717, 1.165) is 37.6 Å². The molecule has 7 nitrogen and oxygen atoms in total. The summed E-state index contributed by atoms with van der Waals surface area (Å²) in [4.78, 5) is 19.4. The van der Waals surface area contributed by atoms with Crippen LogP contribution >= 0.6 is 0 Å². The van der Waals surface area contributed by atoms with Crippen LogP contribution in [0.3, 0.4) is 0 Å². The van der Waals surface area contributed by atoms with Crippen LogP contribution in [0.5, 0.6) is 11.5 Å². The molecule has 0 unspecified atom stereocenters. The highest BCUT2D eigenvalue weighted by Gasteiger charge is 2.31. The van der Waals surface area contributed by atoms with E-state index in [1.807, 2.05) is 4.90 Å². The number of hydrogen-bond acceptors (Lipinski definition) is 5. The molecule has 2 fully saturated rings. The summed E-state index contributed by atoms with van der Waals surface area (Å²) in [6.07, 6.45) is 4.21. The van der Waals surface area contributed by atoms with E-state index in [-0.39, 0.29) is 5.91 Å². The largest absolute Gasteiger partial charge is 0.493 e. The summed E-state index contributed by atoms with van der Waals surface area (Å²) in [6.45, 7) is 1.44. The van der Waals surface area contributed by atoms with Crippen molar-refractivity contribution in [3.05, 3.63) is 35.4 Å². The van der Waals surface area contributed by atoms with Crippen molar-refractivity contribution in [2.75, 3.05) is 27.3 Å². The third-order valence-electron chi connectivity index (χ3n) is 5.26. The predicted octanol–water partition coefficient (Wildman–Crippen LogP) is 2.72. The Bertz CT molecular complexity index is 792. The number of carbonyl (C=O) groups is 1. The number of methoxy groups -OCH3 is 2. The second kappa shape index (κ2) is 6.97. The van der Waals surface area contributed by atoms with E-state index < -0.39 is 0 Å². The van der Waals surface area contributed by atoms with Crippen LogP contribution in [-0.4, -0.2) is 53.3 Å². The van der Waals surface area contributed by atoms with Gasteiger partial charge in [0, 0.05) is 30.5 Å². The molecule has 0 atom stereocenters. The van der Waals surface area contributed by atoms with Crippen LogP contribution < -0.4 is 9.47 Å². The van der Waals surface area contributed by atoms with Crippen LogP contribution in [0.2, 0.25) is 0 Å². The molecular weight excluding hydrogens is 332 g/mol. The second-order valence-corrected chi connectivity index (χ2v) is 6.99. The minimum absolute atomic E-state index is 0.0284. The fourth-order valence-corrected chi connectivity index (χ4v) is 3.50. The Morgan fingerprint density at radius 3 is 2.46 bits per heavy atom. The van der Waals surface area contributed by atoms with Gasteiger partial charge in [0.1, 0.15) is 5.82 Å². The Morgan fingerprint density at radius 2 is 1.81 bits per heavy atom. The lowest BCUT2D eigenvalue weighted by atomic mass is 9.95. The molecule has 0 radical (unpaired) electrons. The number of nitrogens with one attached hydrogen (secondary N) is 1. The van der Waals surface area contributed by atoms with E-state index in [1.54, 1.807) is 32.4 Å². The SMILES string of the molecule is COc1ccc(C(=O)N2CCC(c3nc(C4CC4)n[nH]3)CC2)cc1OC. The molecule has 1 saturated carbocycles. The number of aromatic nitrogens is 3. The van der Waals surface area contributed by atoms with Gasteiger partial charge in [-0.2, -0.15) is 5.10 Å². The Hall–Kier alpha value is -2.57. The van der Waals surface area contributed by atoms with E-state index in [2.05, 4.69) is 15.2 Å².